The second kappa shape index (κ2) is 6.22. The summed E-state index contributed by atoms with van der Waals surface area (Å²) in [6.45, 7) is 2.67. The maximum absolute atomic E-state index is 12.2. The van der Waals surface area contributed by atoms with E-state index in [1.807, 2.05) is 31.3 Å². The molecule has 0 bridgehead atoms. The van der Waals surface area contributed by atoms with Crippen molar-refractivity contribution in [1.29, 1.82) is 0 Å². The number of nitrogens with one attached hydrogen (secondary N) is 2. The largest absolute Gasteiger partial charge is 0.370 e. The lowest BCUT2D eigenvalue weighted by molar-refractivity contribution is 0.0946. The van der Waals surface area contributed by atoms with E-state index < -0.39 is 0 Å². The molecule has 3 rings (SSSR count). The third-order valence-corrected chi connectivity index (χ3v) is 4.23. The number of para-hydroxylation sites is 1. The molecular weight excluding hydrogens is 276 g/mol. The highest BCUT2D eigenvalue weighted by molar-refractivity contribution is 5.92. The van der Waals surface area contributed by atoms with Crippen molar-refractivity contribution in [2.24, 2.45) is 0 Å². The number of nitrogens with zero attached hydrogens (tertiary/aromatic N) is 2. The zero-order valence-corrected chi connectivity index (χ0v) is 13.0. The molecule has 0 aliphatic heterocycles. The Kier molecular flexibility index (Phi) is 4.13. The summed E-state index contributed by atoms with van der Waals surface area (Å²) >= 11 is 0. The van der Waals surface area contributed by atoms with Crippen molar-refractivity contribution >= 4 is 11.6 Å². The van der Waals surface area contributed by atoms with Gasteiger partial charge in [0.25, 0.3) is 5.91 Å². The Bertz CT molecular complexity index is 633. The molecule has 2 aromatic rings. The van der Waals surface area contributed by atoms with Crippen LogP contribution in [0.5, 0.6) is 0 Å². The standard InChI is InChI=1S/C17H22N4O/c1-12(21(2)14-6-4-3-5-7-14)11-18-17(22)16-10-15(19-20-16)13-8-9-13/h3-7,10,12-13H,8-9,11H2,1-2H3,(H,18,22)(H,19,20)/t12-/m0/s1. The van der Waals surface area contributed by atoms with Gasteiger partial charge in [-0.1, -0.05) is 18.2 Å². The van der Waals surface area contributed by atoms with Gasteiger partial charge >= 0.3 is 0 Å². The summed E-state index contributed by atoms with van der Waals surface area (Å²) in [5.41, 5.74) is 2.70. The average molecular weight is 298 g/mol. The fourth-order valence-electron chi connectivity index (χ4n) is 2.44. The molecule has 116 valence electrons. The molecule has 1 fully saturated rings. The zero-order valence-electron chi connectivity index (χ0n) is 13.0. The summed E-state index contributed by atoms with van der Waals surface area (Å²) in [6.07, 6.45) is 2.39. The molecule has 5 heteroatoms. The first-order chi connectivity index (χ1) is 10.6. The minimum atomic E-state index is -0.114. The van der Waals surface area contributed by atoms with Crippen LogP contribution in [0, 0.1) is 0 Å². The number of hydrogen-bond donors (Lipinski definition) is 2. The number of benzene rings is 1. The van der Waals surface area contributed by atoms with Crippen molar-refractivity contribution in [3.8, 4) is 0 Å². The SMILES string of the molecule is C[C@@H](CNC(=O)c1cc(C2CC2)[nH]n1)N(C)c1ccccc1. The monoisotopic (exact) mass is 298 g/mol. The van der Waals surface area contributed by atoms with Gasteiger partial charge in [-0.15, -0.1) is 0 Å². The number of hydrogen-bond acceptors (Lipinski definition) is 3. The highest BCUT2D eigenvalue weighted by Crippen LogP contribution is 2.38. The summed E-state index contributed by atoms with van der Waals surface area (Å²) in [5, 5.41) is 10.0. The molecule has 1 saturated carbocycles. The lowest BCUT2D eigenvalue weighted by Gasteiger charge is -2.27. The van der Waals surface area contributed by atoms with Gasteiger partial charge in [-0.25, -0.2) is 0 Å². The number of likely N-dealkylation sites (N-methyl/N-ethyl adjacent to an activating group) is 1. The van der Waals surface area contributed by atoms with Crippen molar-refractivity contribution < 1.29 is 4.79 Å². The van der Waals surface area contributed by atoms with Gasteiger partial charge in [-0.05, 0) is 38.0 Å². The normalized spacial score (nSPS) is 15.4. The first-order valence-corrected chi connectivity index (χ1v) is 7.76. The predicted molar refractivity (Wildman–Crippen MR) is 87.2 cm³/mol. The minimum Gasteiger partial charge on any atom is -0.370 e. The Morgan fingerprint density at radius 3 is 2.82 bits per heavy atom. The molecule has 0 unspecified atom stereocenters. The Morgan fingerprint density at radius 1 is 1.41 bits per heavy atom. The maximum Gasteiger partial charge on any atom is 0.271 e. The van der Waals surface area contributed by atoms with E-state index in [1.54, 1.807) is 0 Å². The quantitative estimate of drug-likeness (QED) is 0.861. The van der Waals surface area contributed by atoms with Gasteiger partial charge in [0.05, 0.1) is 0 Å². The van der Waals surface area contributed by atoms with Crippen LogP contribution in [0.2, 0.25) is 0 Å². The smallest absolute Gasteiger partial charge is 0.271 e. The van der Waals surface area contributed by atoms with Crippen LogP contribution >= 0.6 is 0 Å². The summed E-state index contributed by atoms with van der Waals surface area (Å²) in [7, 11) is 2.03. The Labute approximate surface area is 130 Å². The number of aromatic amines is 1. The van der Waals surface area contributed by atoms with Gasteiger partial charge in [0.15, 0.2) is 0 Å². The van der Waals surface area contributed by atoms with Crippen molar-refractivity contribution in [1.82, 2.24) is 15.5 Å². The Balaban J connectivity index is 1.53. The number of anilines is 1. The van der Waals surface area contributed by atoms with E-state index in [0.29, 0.717) is 18.2 Å². The molecule has 1 aliphatic rings. The van der Waals surface area contributed by atoms with Gasteiger partial charge in [-0.2, -0.15) is 5.10 Å². The van der Waals surface area contributed by atoms with E-state index in [1.165, 1.54) is 12.8 Å². The molecule has 0 radical (unpaired) electrons. The summed E-state index contributed by atoms with van der Waals surface area (Å²) in [4.78, 5) is 14.3. The molecule has 5 nitrogen and oxygen atoms in total. The summed E-state index contributed by atoms with van der Waals surface area (Å²) < 4.78 is 0. The Hall–Kier alpha value is -2.30. The van der Waals surface area contributed by atoms with Crippen LogP contribution in [0.25, 0.3) is 0 Å². The van der Waals surface area contributed by atoms with E-state index in [2.05, 4.69) is 39.5 Å². The van der Waals surface area contributed by atoms with E-state index in [0.717, 1.165) is 11.4 Å². The molecular formula is C17H22N4O. The topological polar surface area (TPSA) is 61.0 Å². The fourth-order valence-corrected chi connectivity index (χ4v) is 2.44. The second-order valence-corrected chi connectivity index (χ2v) is 5.99. The molecule has 22 heavy (non-hydrogen) atoms. The van der Waals surface area contributed by atoms with Gasteiger partial charge in [0.1, 0.15) is 5.69 Å². The molecule has 0 spiro atoms. The lowest BCUT2D eigenvalue weighted by Crippen LogP contribution is -2.40. The van der Waals surface area contributed by atoms with Crippen molar-refractivity contribution in [2.45, 2.75) is 31.7 Å². The summed E-state index contributed by atoms with van der Waals surface area (Å²) in [6, 6.07) is 12.2. The number of amides is 1. The van der Waals surface area contributed by atoms with Gasteiger partial charge in [0, 0.05) is 36.9 Å². The van der Waals surface area contributed by atoms with E-state index in [4.69, 9.17) is 0 Å². The third kappa shape index (κ3) is 3.30. The van der Waals surface area contributed by atoms with Crippen molar-refractivity contribution in [3.63, 3.8) is 0 Å². The molecule has 1 amide bonds. The zero-order chi connectivity index (χ0) is 15.5. The third-order valence-electron chi connectivity index (χ3n) is 4.23. The minimum absolute atomic E-state index is 0.114. The van der Waals surface area contributed by atoms with Crippen molar-refractivity contribution in [3.05, 3.63) is 47.8 Å². The van der Waals surface area contributed by atoms with Gasteiger partial charge in [0.2, 0.25) is 0 Å². The number of aromatic nitrogens is 2. The highest BCUT2D eigenvalue weighted by Gasteiger charge is 2.26. The van der Waals surface area contributed by atoms with Gasteiger partial charge in [-0.3, -0.25) is 9.89 Å². The van der Waals surface area contributed by atoms with E-state index in [9.17, 15) is 4.79 Å². The van der Waals surface area contributed by atoms with Crippen LogP contribution in [0.3, 0.4) is 0 Å². The predicted octanol–water partition coefficient (Wildman–Crippen LogP) is 2.54. The highest BCUT2D eigenvalue weighted by atomic mass is 16.1. The molecule has 1 aromatic carbocycles. The Morgan fingerprint density at radius 2 is 2.14 bits per heavy atom. The molecule has 0 saturated heterocycles. The number of rotatable bonds is 6. The summed E-state index contributed by atoms with van der Waals surface area (Å²) in [5.74, 6) is 0.466. The number of carbonyl (C=O) groups is 1. The van der Waals surface area contributed by atoms with Crippen LogP contribution in [0.1, 0.15) is 41.9 Å². The second-order valence-electron chi connectivity index (χ2n) is 5.99. The van der Waals surface area contributed by atoms with E-state index in [-0.39, 0.29) is 11.9 Å². The van der Waals surface area contributed by atoms with Crippen LogP contribution in [0.15, 0.2) is 36.4 Å². The molecule has 2 N–H and O–H groups in total. The lowest BCUT2D eigenvalue weighted by atomic mass is 10.2. The number of carbonyl (C=O) groups excluding carboxylic acids is 1. The van der Waals surface area contributed by atoms with Crippen LogP contribution < -0.4 is 10.2 Å². The van der Waals surface area contributed by atoms with Crippen LogP contribution in [-0.4, -0.2) is 35.7 Å². The molecule has 1 atom stereocenters. The maximum atomic E-state index is 12.2. The van der Waals surface area contributed by atoms with Crippen molar-refractivity contribution in [2.75, 3.05) is 18.5 Å². The first-order valence-electron chi connectivity index (χ1n) is 7.76. The van der Waals surface area contributed by atoms with Crippen LogP contribution in [0.4, 0.5) is 5.69 Å². The molecule has 1 heterocycles. The molecule has 1 aromatic heterocycles. The average Bonchev–Trinajstić information content (AvgIpc) is 3.29. The van der Waals surface area contributed by atoms with Gasteiger partial charge < -0.3 is 10.2 Å². The number of H-pyrrole nitrogens is 1. The fraction of sp³-hybridized carbons (Fsp3) is 0.412. The van der Waals surface area contributed by atoms with E-state index >= 15 is 0 Å². The molecule has 1 aliphatic carbocycles. The van der Waals surface area contributed by atoms with Crippen LogP contribution in [-0.2, 0) is 0 Å². The first kappa shape index (κ1) is 14.6.